The number of rotatable bonds is 18. The summed E-state index contributed by atoms with van der Waals surface area (Å²) in [7, 11) is 3.32. The molecule has 0 aliphatic carbocycles. The van der Waals surface area contributed by atoms with Crippen LogP contribution >= 0.6 is 9.24 Å². The van der Waals surface area contributed by atoms with E-state index in [0.717, 1.165) is 31.6 Å². The van der Waals surface area contributed by atoms with Gasteiger partial charge in [-0.15, -0.1) is 9.24 Å². The monoisotopic (exact) mass is 430 g/mol. The fourth-order valence-electron chi connectivity index (χ4n) is 4.25. The second-order valence-corrected chi connectivity index (χ2v) is 10.2. The SMILES string of the molecule is CCCC(CCC)C(=O)O.CCCCC(CCCC)C(P)(CCCC)CCCC. The summed E-state index contributed by atoms with van der Waals surface area (Å²) < 4.78 is 0. The largest absolute Gasteiger partial charge is 0.481 e. The normalized spacial score (nSPS) is 11.6. The minimum absolute atomic E-state index is 0.102. The molecule has 0 aromatic heterocycles. The summed E-state index contributed by atoms with van der Waals surface area (Å²) in [5.74, 6) is 0.203. The number of unbranched alkanes of at least 4 members (excludes halogenated alkanes) is 4. The summed E-state index contributed by atoms with van der Waals surface area (Å²) in [6.07, 6.45) is 20.4. The molecule has 2 nitrogen and oxygen atoms in total. The maximum atomic E-state index is 10.5. The van der Waals surface area contributed by atoms with Gasteiger partial charge in [0.25, 0.3) is 0 Å². The first kappa shape index (κ1) is 31.1. The first-order chi connectivity index (χ1) is 13.9. The van der Waals surface area contributed by atoms with Gasteiger partial charge in [0.15, 0.2) is 0 Å². The predicted octanol–water partition coefficient (Wildman–Crippen LogP) is 9.26. The highest BCUT2D eigenvalue weighted by Gasteiger charge is 2.32. The van der Waals surface area contributed by atoms with Crippen molar-refractivity contribution in [2.45, 2.75) is 149 Å². The molecule has 0 amide bonds. The van der Waals surface area contributed by atoms with Crippen molar-refractivity contribution in [1.29, 1.82) is 0 Å². The first-order valence-electron chi connectivity index (χ1n) is 12.9. The molecule has 0 aliphatic heterocycles. The van der Waals surface area contributed by atoms with E-state index in [1.54, 1.807) is 0 Å². The zero-order chi connectivity index (χ0) is 22.5. The molecule has 29 heavy (non-hydrogen) atoms. The highest BCUT2D eigenvalue weighted by Crippen LogP contribution is 2.43. The van der Waals surface area contributed by atoms with Crippen LogP contribution in [0.3, 0.4) is 0 Å². The molecular formula is C26H55O2P. The number of hydrogen-bond donors (Lipinski definition) is 1. The summed E-state index contributed by atoms with van der Waals surface area (Å²) in [6, 6.07) is 0. The number of aliphatic carboxylic acids is 1. The van der Waals surface area contributed by atoms with Crippen LogP contribution in [0.1, 0.15) is 144 Å². The number of carboxylic acids is 1. The van der Waals surface area contributed by atoms with E-state index in [4.69, 9.17) is 5.11 Å². The van der Waals surface area contributed by atoms with Gasteiger partial charge >= 0.3 is 5.97 Å². The van der Waals surface area contributed by atoms with E-state index in [2.05, 4.69) is 36.9 Å². The van der Waals surface area contributed by atoms with Gasteiger partial charge in [0.05, 0.1) is 5.92 Å². The maximum absolute atomic E-state index is 10.5. The minimum Gasteiger partial charge on any atom is -0.481 e. The Morgan fingerprint density at radius 3 is 1.34 bits per heavy atom. The van der Waals surface area contributed by atoms with Crippen LogP contribution in [0.5, 0.6) is 0 Å². The Kier molecular flexibility index (Phi) is 22.7. The van der Waals surface area contributed by atoms with Crippen LogP contribution in [0.25, 0.3) is 0 Å². The van der Waals surface area contributed by atoms with E-state index in [-0.39, 0.29) is 5.92 Å². The molecule has 0 saturated carbocycles. The van der Waals surface area contributed by atoms with Crippen LogP contribution < -0.4 is 0 Å². The molecule has 0 aliphatic rings. The van der Waals surface area contributed by atoms with E-state index in [0.29, 0.717) is 5.16 Å². The third kappa shape index (κ3) is 16.3. The van der Waals surface area contributed by atoms with Crippen LogP contribution in [-0.4, -0.2) is 16.2 Å². The molecule has 0 heterocycles. The Bertz CT molecular complexity index is 335. The fraction of sp³-hybridized carbons (Fsp3) is 0.962. The van der Waals surface area contributed by atoms with Gasteiger partial charge in [-0.1, -0.05) is 106 Å². The molecule has 0 saturated heterocycles. The minimum atomic E-state index is -0.635. The van der Waals surface area contributed by atoms with Gasteiger partial charge in [0.2, 0.25) is 0 Å². The Morgan fingerprint density at radius 2 is 1.07 bits per heavy atom. The van der Waals surface area contributed by atoms with Crippen LogP contribution in [0.15, 0.2) is 0 Å². The molecule has 1 unspecified atom stereocenters. The van der Waals surface area contributed by atoms with Crippen molar-refractivity contribution in [3.8, 4) is 0 Å². The molecule has 3 heteroatoms. The lowest BCUT2D eigenvalue weighted by molar-refractivity contribution is -0.142. The van der Waals surface area contributed by atoms with Crippen molar-refractivity contribution in [3.63, 3.8) is 0 Å². The molecule has 0 rings (SSSR count). The molecule has 0 aromatic rings. The summed E-state index contributed by atoms with van der Waals surface area (Å²) in [5.41, 5.74) is 0. The molecule has 0 fully saturated rings. The summed E-state index contributed by atoms with van der Waals surface area (Å²) >= 11 is 0. The number of carbonyl (C=O) groups is 1. The average Bonchev–Trinajstić information content (AvgIpc) is 2.71. The van der Waals surface area contributed by atoms with E-state index in [1.165, 1.54) is 77.0 Å². The Hall–Kier alpha value is -0.100. The third-order valence-electron chi connectivity index (χ3n) is 6.24. The highest BCUT2D eigenvalue weighted by atomic mass is 31.0. The second-order valence-electron chi connectivity index (χ2n) is 9.03. The Morgan fingerprint density at radius 1 is 0.690 bits per heavy atom. The second kappa shape index (κ2) is 21.1. The van der Waals surface area contributed by atoms with Crippen molar-refractivity contribution in [2.75, 3.05) is 0 Å². The van der Waals surface area contributed by atoms with Crippen LogP contribution in [0, 0.1) is 11.8 Å². The van der Waals surface area contributed by atoms with Gasteiger partial charge in [-0.2, -0.15) is 0 Å². The lowest BCUT2D eigenvalue weighted by Crippen LogP contribution is -2.32. The Balaban J connectivity index is 0. The van der Waals surface area contributed by atoms with E-state index in [9.17, 15) is 4.79 Å². The third-order valence-corrected chi connectivity index (χ3v) is 7.29. The van der Waals surface area contributed by atoms with Gasteiger partial charge in [-0.25, -0.2) is 0 Å². The Labute approximate surface area is 186 Å². The van der Waals surface area contributed by atoms with Gasteiger partial charge in [-0.3, -0.25) is 4.79 Å². The van der Waals surface area contributed by atoms with E-state index in [1.807, 2.05) is 13.8 Å². The van der Waals surface area contributed by atoms with Crippen molar-refractivity contribution in [1.82, 2.24) is 0 Å². The van der Waals surface area contributed by atoms with E-state index >= 15 is 0 Å². The predicted molar refractivity (Wildman–Crippen MR) is 135 cm³/mol. The van der Waals surface area contributed by atoms with Gasteiger partial charge < -0.3 is 5.11 Å². The van der Waals surface area contributed by atoms with Gasteiger partial charge in [0.1, 0.15) is 0 Å². The standard InChI is InChI=1S/C18H39P.C8H16O2/c1-5-9-13-17(14-10-6-2)18(19,15-11-7-3)16-12-8-4;1-3-5-7(6-4-2)8(9)10/h17H,5-16,19H2,1-4H3;7H,3-6H2,1-2H3,(H,9,10). The highest BCUT2D eigenvalue weighted by molar-refractivity contribution is 7.19. The molecule has 1 N–H and O–H groups in total. The van der Waals surface area contributed by atoms with Crippen molar-refractivity contribution in [3.05, 3.63) is 0 Å². The quantitative estimate of drug-likeness (QED) is 0.220. The molecular weight excluding hydrogens is 375 g/mol. The molecule has 176 valence electrons. The maximum Gasteiger partial charge on any atom is 0.306 e. The van der Waals surface area contributed by atoms with Crippen molar-refractivity contribution >= 4 is 15.2 Å². The van der Waals surface area contributed by atoms with E-state index < -0.39 is 5.97 Å². The lowest BCUT2D eigenvalue weighted by Gasteiger charge is -2.38. The summed E-state index contributed by atoms with van der Waals surface area (Å²) in [5, 5.41) is 9.17. The zero-order valence-corrected chi connectivity index (χ0v) is 22.1. The zero-order valence-electron chi connectivity index (χ0n) is 20.9. The fourth-order valence-corrected chi connectivity index (χ4v) is 5.00. The molecule has 0 spiro atoms. The van der Waals surface area contributed by atoms with Crippen LogP contribution in [0.4, 0.5) is 0 Å². The molecule has 0 aromatic carbocycles. The van der Waals surface area contributed by atoms with Gasteiger partial charge in [-0.05, 0) is 49.6 Å². The van der Waals surface area contributed by atoms with Crippen LogP contribution in [-0.2, 0) is 4.79 Å². The van der Waals surface area contributed by atoms with Crippen LogP contribution in [0.2, 0.25) is 0 Å². The van der Waals surface area contributed by atoms with Crippen molar-refractivity contribution in [2.24, 2.45) is 11.8 Å². The molecule has 0 radical (unpaired) electrons. The average molecular weight is 431 g/mol. The summed E-state index contributed by atoms with van der Waals surface area (Å²) in [4.78, 5) is 10.5. The molecule has 1 atom stereocenters. The topological polar surface area (TPSA) is 37.3 Å². The molecule has 0 bridgehead atoms. The number of hydrogen-bond acceptors (Lipinski definition) is 1. The number of carboxylic acid groups (broad SMARTS) is 1. The van der Waals surface area contributed by atoms with Gasteiger partial charge in [0, 0.05) is 0 Å². The summed E-state index contributed by atoms with van der Waals surface area (Å²) in [6.45, 7) is 13.4. The smallest absolute Gasteiger partial charge is 0.306 e. The first-order valence-corrected chi connectivity index (χ1v) is 13.5. The van der Waals surface area contributed by atoms with Crippen molar-refractivity contribution < 1.29 is 9.90 Å². The lowest BCUT2D eigenvalue weighted by atomic mass is 9.77.